The van der Waals surface area contributed by atoms with Crippen LogP contribution in [0, 0.1) is 0 Å². The minimum Gasteiger partial charge on any atom is -0.347 e. The molecule has 1 aliphatic heterocycles. The number of nitrogens with zero attached hydrogens (tertiary/aromatic N) is 3. The molecule has 0 radical (unpaired) electrons. The highest BCUT2D eigenvalue weighted by Crippen LogP contribution is 2.31. The lowest BCUT2D eigenvalue weighted by Gasteiger charge is -2.35. The Balaban J connectivity index is 1.78. The lowest BCUT2D eigenvalue weighted by molar-refractivity contribution is 0.145. The van der Waals surface area contributed by atoms with Crippen LogP contribution in [0.1, 0.15) is 38.1 Å². The molecule has 1 aliphatic rings. The van der Waals surface area contributed by atoms with Gasteiger partial charge in [0.05, 0.1) is 11.7 Å². The highest BCUT2D eigenvalue weighted by atomic mass is 32.2. The Morgan fingerprint density at radius 2 is 2.18 bits per heavy atom. The summed E-state index contributed by atoms with van der Waals surface area (Å²) >= 11 is 1.94. The number of hydrogen-bond acceptors (Lipinski definition) is 4. The predicted molar refractivity (Wildman–Crippen MR) is 93.0 cm³/mol. The maximum absolute atomic E-state index is 4.86. The first-order valence-electron chi connectivity index (χ1n) is 8.00. The van der Waals surface area contributed by atoms with Crippen LogP contribution < -0.4 is 0 Å². The fourth-order valence-electron chi connectivity index (χ4n) is 3.10. The molecule has 1 fully saturated rings. The van der Waals surface area contributed by atoms with Gasteiger partial charge < -0.3 is 4.98 Å². The summed E-state index contributed by atoms with van der Waals surface area (Å²) in [5.74, 6) is 1.11. The van der Waals surface area contributed by atoms with E-state index < -0.39 is 0 Å². The van der Waals surface area contributed by atoms with Crippen molar-refractivity contribution in [3.05, 3.63) is 36.5 Å². The van der Waals surface area contributed by atoms with Crippen LogP contribution in [0.25, 0.3) is 11.3 Å². The van der Waals surface area contributed by atoms with Gasteiger partial charge in [-0.05, 0) is 37.8 Å². The number of imidazole rings is 1. The standard InChI is InChI=1S/C17H24N4S/c1-13(22-2)12-21-10-4-3-5-16(21)17-19-11-15(20-17)14-6-8-18-9-7-14/h6-9,11,13,16H,3-5,10,12H2,1-2H3,(H,19,20). The van der Waals surface area contributed by atoms with E-state index in [4.69, 9.17) is 4.98 Å². The topological polar surface area (TPSA) is 44.8 Å². The summed E-state index contributed by atoms with van der Waals surface area (Å²) in [7, 11) is 0. The molecule has 0 aromatic carbocycles. The third kappa shape index (κ3) is 3.52. The number of hydrogen-bond donors (Lipinski definition) is 1. The van der Waals surface area contributed by atoms with Crippen molar-refractivity contribution in [2.75, 3.05) is 19.3 Å². The first-order valence-corrected chi connectivity index (χ1v) is 9.29. The van der Waals surface area contributed by atoms with Gasteiger partial charge in [-0.3, -0.25) is 9.88 Å². The molecule has 0 amide bonds. The monoisotopic (exact) mass is 316 g/mol. The maximum Gasteiger partial charge on any atom is 0.124 e. The fourth-order valence-corrected chi connectivity index (χ4v) is 3.44. The molecule has 22 heavy (non-hydrogen) atoms. The van der Waals surface area contributed by atoms with Crippen molar-refractivity contribution in [2.45, 2.75) is 37.5 Å². The zero-order valence-corrected chi connectivity index (χ0v) is 14.1. The Kier molecular flexibility index (Phi) is 5.16. The minimum absolute atomic E-state index is 0.430. The van der Waals surface area contributed by atoms with Crippen molar-refractivity contribution in [3.63, 3.8) is 0 Å². The second-order valence-corrected chi connectivity index (χ2v) is 7.24. The van der Waals surface area contributed by atoms with Gasteiger partial charge in [0.25, 0.3) is 0 Å². The number of rotatable bonds is 5. The van der Waals surface area contributed by atoms with E-state index >= 15 is 0 Å². The number of aromatic amines is 1. The molecule has 0 aliphatic carbocycles. The van der Waals surface area contributed by atoms with Gasteiger partial charge >= 0.3 is 0 Å². The van der Waals surface area contributed by atoms with Gasteiger partial charge in [0.2, 0.25) is 0 Å². The van der Waals surface area contributed by atoms with Crippen molar-refractivity contribution in [2.24, 2.45) is 0 Å². The number of H-pyrrole nitrogens is 1. The van der Waals surface area contributed by atoms with Crippen LogP contribution in [0.4, 0.5) is 0 Å². The molecule has 118 valence electrons. The molecule has 2 aromatic rings. The molecule has 1 N–H and O–H groups in total. The Morgan fingerprint density at radius 1 is 1.36 bits per heavy atom. The molecular formula is C17H24N4S. The second-order valence-electron chi connectivity index (χ2n) is 5.96. The zero-order valence-electron chi connectivity index (χ0n) is 13.3. The van der Waals surface area contributed by atoms with Crippen LogP contribution in [0.5, 0.6) is 0 Å². The highest BCUT2D eigenvalue weighted by Gasteiger charge is 2.27. The Morgan fingerprint density at radius 3 is 2.95 bits per heavy atom. The molecule has 2 aromatic heterocycles. The third-order valence-electron chi connectivity index (χ3n) is 4.40. The summed E-state index contributed by atoms with van der Waals surface area (Å²) in [5, 5.41) is 0.662. The summed E-state index contributed by atoms with van der Waals surface area (Å²) in [6.45, 7) is 4.62. The van der Waals surface area contributed by atoms with Crippen LogP contribution in [-0.4, -0.2) is 44.4 Å². The molecule has 2 atom stereocenters. The molecule has 4 nitrogen and oxygen atoms in total. The minimum atomic E-state index is 0.430. The number of pyridine rings is 1. The van der Waals surface area contributed by atoms with E-state index in [1.807, 2.05) is 42.5 Å². The van der Waals surface area contributed by atoms with E-state index in [2.05, 4.69) is 28.0 Å². The van der Waals surface area contributed by atoms with Crippen molar-refractivity contribution < 1.29 is 0 Å². The predicted octanol–water partition coefficient (Wildman–Crippen LogP) is 3.75. The molecule has 5 heteroatoms. The second kappa shape index (κ2) is 7.29. The van der Waals surface area contributed by atoms with E-state index in [1.54, 1.807) is 0 Å². The maximum atomic E-state index is 4.86. The average Bonchev–Trinajstić information content (AvgIpc) is 3.06. The molecule has 0 bridgehead atoms. The lowest BCUT2D eigenvalue weighted by Crippen LogP contribution is -2.37. The van der Waals surface area contributed by atoms with E-state index in [9.17, 15) is 0 Å². The number of piperidine rings is 1. The SMILES string of the molecule is CSC(C)CN1CCCCC1c1nc(-c2ccncc2)c[nH]1. The molecule has 0 spiro atoms. The van der Waals surface area contributed by atoms with Crippen LogP contribution in [0.3, 0.4) is 0 Å². The van der Waals surface area contributed by atoms with Crippen molar-refractivity contribution in [1.29, 1.82) is 0 Å². The van der Waals surface area contributed by atoms with Crippen molar-refractivity contribution in [3.8, 4) is 11.3 Å². The summed E-state index contributed by atoms with van der Waals surface area (Å²) in [4.78, 5) is 14.9. The number of nitrogens with one attached hydrogen (secondary N) is 1. The summed E-state index contributed by atoms with van der Waals surface area (Å²) in [5.41, 5.74) is 2.14. The van der Waals surface area contributed by atoms with Gasteiger partial charge in [-0.15, -0.1) is 0 Å². The van der Waals surface area contributed by atoms with Gasteiger partial charge in [-0.2, -0.15) is 11.8 Å². The first kappa shape index (κ1) is 15.6. The van der Waals surface area contributed by atoms with E-state index in [-0.39, 0.29) is 0 Å². The summed E-state index contributed by atoms with van der Waals surface area (Å²) in [6, 6.07) is 4.45. The quantitative estimate of drug-likeness (QED) is 0.912. The van der Waals surface area contributed by atoms with Crippen molar-refractivity contribution >= 4 is 11.8 Å². The molecule has 3 rings (SSSR count). The highest BCUT2D eigenvalue weighted by molar-refractivity contribution is 7.99. The molecule has 1 saturated heterocycles. The van der Waals surface area contributed by atoms with Crippen LogP contribution >= 0.6 is 11.8 Å². The summed E-state index contributed by atoms with van der Waals surface area (Å²) < 4.78 is 0. The lowest BCUT2D eigenvalue weighted by atomic mass is 10.0. The third-order valence-corrected chi connectivity index (χ3v) is 5.35. The van der Waals surface area contributed by atoms with E-state index in [0.29, 0.717) is 11.3 Å². The van der Waals surface area contributed by atoms with Crippen LogP contribution in [-0.2, 0) is 0 Å². The zero-order chi connectivity index (χ0) is 15.4. The molecule has 2 unspecified atom stereocenters. The van der Waals surface area contributed by atoms with E-state index in [0.717, 1.165) is 23.6 Å². The smallest absolute Gasteiger partial charge is 0.124 e. The van der Waals surface area contributed by atoms with Gasteiger partial charge in [-0.1, -0.05) is 13.3 Å². The normalized spacial score (nSPS) is 20.9. The molecule has 3 heterocycles. The number of thioether (sulfide) groups is 1. The Bertz CT molecular complexity index is 583. The van der Waals surface area contributed by atoms with Crippen LogP contribution in [0.15, 0.2) is 30.7 Å². The van der Waals surface area contributed by atoms with Crippen molar-refractivity contribution in [1.82, 2.24) is 19.9 Å². The number of aromatic nitrogens is 3. The number of likely N-dealkylation sites (tertiary alicyclic amines) is 1. The molecule has 0 saturated carbocycles. The Labute approximate surface area is 136 Å². The van der Waals surface area contributed by atoms with Gasteiger partial charge in [-0.25, -0.2) is 4.98 Å². The van der Waals surface area contributed by atoms with Gasteiger partial charge in [0.15, 0.2) is 0 Å². The van der Waals surface area contributed by atoms with Gasteiger partial charge in [0, 0.05) is 35.9 Å². The Hall–Kier alpha value is -1.33. The van der Waals surface area contributed by atoms with E-state index in [1.165, 1.54) is 25.8 Å². The average molecular weight is 316 g/mol. The largest absolute Gasteiger partial charge is 0.347 e. The molecular weight excluding hydrogens is 292 g/mol. The first-order chi connectivity index (χ1) is 10.8. The summed E-state index contributed by atoms with van der Waals surface area (Å²) in [6.07, 6.45) is 11.6. The van der Waals surface area contributed by atoms with Crippen LogP contribution in [0.2, 0.25) is 0 Å². The fraction of sp³-hybridized carbons (Fsp3) is 0.529. The van der Waals surface area contributed by atoms with Gasteiger partial charge in [0.1, 0.15) is 5.82 Å².